The van der Waals surface area contributed by atoms with E-state index in [1.54, 1.807) is 0 Å². The number of benzene rings is 5. The molecule has 7 nitrogen and oxygen atoms in total. The van der Waals surface area contributed by atoms with Gasteiger partial charge in [0.1, 0.15) is 0 Å². The van der Waals surface area contributed by atoms with E-state index in [0.29, 0.717) is 25.2 Å². The molecule has 1 aliphatic heterocycles. The number of aliphatic hydroxyl groups excluding tert-OH is 1. The van der Waals surface area contributed by atoms with Crippen LogP contribution in [0.15, 0.2) is 140 Å². The van der Waals surface area contributed by atoms with Crippen molar-refractivity contribution < 1.29 is 19.4 Å². The van der Waals surface area contributed by atoms with E-state index in [4.69, 9.17) is 9.47 Å². The molecule has 3 atom stereocenters. The van der Waals surface area contributed by atoms with E-state index >= 15 is 0 Å². The first-order valence-electron chi connectivity index (χ1n) is 16.1. The Morgan fingerprint density at radius 2 is 1.30 bits per heavy atom. The fraction of sp³-hybridized carbons (Fsp3) is 0.225. The molecule has 3 N–H and O–H groups in total. The molecule has 5 aromatic carbocycles. The van der Waals surface area contributed by atoms with Crippen molar-refractivity contribution in [1.29, 1.82) is 0 Å². The number of carbonyl (C=O) groups is 1. The number of amides is 2. The average Bonchev–Trinajstić information content (AvgIpc) is 3.12. The molecule has 6 rings (SSSR count). The maximum Gasteiger partial charge on any atom is 0.319 e. The highest BCUT2D eigenvalue weighted by Gasteiger charge is 2.33. The lowest BCUT2D eigenvalue weighted by molar-refractivity contribution is -0.253. The van der Waals surface area contributed by atoms with Gasteiger partial charge in [-0.1, -0.05) is 127 Å². The molecule has 0 radical (unpaired) electrons. The Hall–Kier alpha value is -4.79. The zero-order valence-electron chi connectivity index (χ0n) is 26.4. The van der Waals surface area contributed by atoms with Crippen molar-refractivity contribution in [2.75, 3.05) is 11.9 Å². The molecule has 1 aliphatic rings. The molecule has 0 saturated carbocycles. The van der Waals surface area contributed by atoms with Gasteiger partial charge in [0.15, 0.2) is 6.29 Å². The summed E-state index contributed by atoms with van der Waals surface area (Å²) in [7, 11) is 0. The van der Waals surface area contributed by atoms with E-state index in [0.717, 1.165) is 35.3 Å². The van der Waals surface area contributed by atoms with Crippen molar-refractivity contribution in [2.24, 2.45) is 0 Å². The van der Waals surface area contributed by atoms with Gasteiger partial charge in [0, 0.05) is 43.9 Å². The summed E-state index contributed by atoms with van der Waals surface area (Å²) in [5, 5.41) is 15.5. The van der Waals surface area contributed by atoms with Crippen LogP contribution in [0.1, 0.15) is 52.2 Å². The summed E-state index contributed by atoms with van der Waals surface area (Å²) < 4.78 is 13.3. The highest BCUT2D eigenvalue weighted by Crippen LogP contribution is 2.39. The lowest BCUT2D eigenvalue weighted by Gasteiger charge is -2.38. The van der Waals surface area contributed by atoms with Gasteiger partial charge < -0.3 is 25.2 Å². The summed E-state index contributed by atoms with van der Waals surface area (Å²) in [4.78, 5) is 15.2. The van der Waals surface area contributed by atoms with Crippen LogP contribution in [0, 0.1) is 0 Å². The number of nitrogens with one attached hydrogen (secondary N) is 2. The molecular formula is C40H41N3O4. The Bertz CT molecular complexity index is 1640. The Morgan fingerprint density at radius 3 is 1.91 bits per heavy atom. The predicted molar refractivity (Wildman–Crippen MR) is 184 cm³/mol. The van der Waals surface area contributed by atoms with E-state index in [1.165, 1.54) is 11.1 Å². The summed E-state index contributed by atoms with van der Waals surface area (Å²) in [6.07, 6.45) is -0.308. The van der Waals surface area contributed by atoms with Crippen LogP contribution in [0.4, 0.5) is 10.5 Å². The smallest absolute Gasteiger partial charge is 0.319 e. The van der Waals surface area contributed by atoms with Crippen molar-refractivity contribution in [1.82, 2.24) is 10.2 Å². The minimum Gasteiger partial charge on any atom is -0.392 e. The molecule has 1 heterocycles. The van der Waals surface area contributed by atoms with Crippen molar-refractivity contribution in [3.63, 3.8) is 0 Å². The first-order valence-corrected chi connectivity index (χ1v) is 16.1. The normalized spacial score (nSPS) is 17.7. The molecule has 0 aromatic heterocycles. The van der Waals surface area contributed by atoms with Gasteiger partial charge in [0.2, 0.25) is 0 Å². The first kappa shape index (κ1) is 32.2. The number of anilines is 1. The van der Waals surface area contributed by atoms with Gasteiger partial charge in [0.05, 0.1) is 18.8 Å². The third-order valence-corrected chi connectivity index (χ3v) is 8.29. The average molecular weight is 628 g/mol. The van der Waals surface area contributed by atoms with Crippen LogP contribution in [0.3, 0.4) is 0 Å². The number of carbonyl (C=O) groups excluding carboxylic acids is 1. The highest BCUT2D eigenvalue weighted by atomic mass is 16.7. The zero-order chi connectivity index (χ0) is 32.3. The summed E-state index contributed by atoms with van der Waals surface area (Å²) in [6, 6.07) is 46.1. The van der Waals surface area contributed by atoms with Gasteiger partial charge in [-0.2, -0.15) is 0 Å². The number of hydrogen-bond acceptors (Lipinski definition) is 5. The topological polar surface area (TPSA) is 83.1 Å². The number of nitrogens with zero attached hydrogens (tertiary/aromatic N) is 1. The molecule has 0 bridgehead atoms. The van der Waals surface area contributed by atoms with Crippen LogP contribution in [-0.4, -0.2) is 28.7 Å². The van der Waals surface area contributed by atoms with Gasteiger partial charge in [-0.25, -0.2) is 4.79 Å². The van der Waals surface area contributed by atoms with Crippen LogP contribution < -0.4 is 10.6 Å². The molecule has 5 aromatic rings. The largest absolute Gasteiger partial charge is 0.392 e. The number of aliphatic hydroxyl groups is 1. The molecule has 0 aliphatic carbocycles. The first-order chi connectivity index (χ1) is 23.1. The fourth-order valence-electron chi connectivity index (χ4n) is 5.91. The molecule has 2 amide bonds. The summed E-state index contributed by atoms with van der Waals surface area (Å²) in [5.74, 6) is 0. The molecule has 47 heavy (non-hydrogen) atoms. The lowest BCUT2D eigenvalue weighted by atomic mass is 9.99. The number of hydrogen-bond donors (Lipinski definition) is 3. The van der Waals surface area contributed by atoms with Gasteiger partial charge in [-0.3, -0.25) is 4.90 Å². The van der Waals surface area contributed by atoms with E-state index in [9.17, 15) is 9.90 Å². The van der Waals surface area contributed by atoms with Crippen LogP contribution in [-0.2, 0) is 35.7 Å². The number of rotatable bonds is 12. The summed E-state index contributed by atoms with van der Waals surface area (Å²) in [5.41, 5.74) is 6.88. The van der Waals surface area contributed by atoms with Crippen molar-refractivity contribution >= 4 is 11.7 Å². The summed E-state index contributed by atoms with van der Waals surface area (Å²) >= 11 is 0. The molecule has 0 spiro atoms. The molecule has 3 unspecified atom stereocenters. The SMILES string of the molecule is O=C(NCc1ccccc1)Nc1cccc(C2OC(CN(Cc3ccccc3)Cc3ccccc3)CC(c3ccc(CO)cc3)O2)c1. The fourth-order valence-corrected chi connectivity index (χ4v) is 5.91. The van der Waals surface area contributed by atoms with E-state index < -0.39 is 6.29 Å². The minimum absolute atomic E-state index is 0.00713. The second-order valence-corrected chi connectivity index (χ2v) is 11.9. The van der Waals surface area contributed by atoms with Gasteiger partial charge >= 0.3 is 6.03 Å². The second kappa shape index (κ2) is 16.2. The second-order valence-electron chi connectivity index (χ2n) is 11.9. The van der Waals surface area contributed by atoms with Crippen LogP contribution in [0.5, 0.6) is 0 Å². The number of ether oxygens (including phenoxy) is 2. The minimum atomic E-state index is -0.638. The van der Waals surface area contributed by atoms with E-state index in [-0.39, 0.29) is 24.8 Å². The van der Waals surface area contributed by atoms with Gasteiger partial charge in [-0.05, 0) is 39.9 Å². The third-order valence-electron chi connectivity index (χ3n) is 8.29. The van der Waals surface area contributed by atoms with Crippen molar-refractivity contribution in [2.45, 2.75) is 51.2 Å². The monoisotopic (exact) mass is 627 g/mol. The highest BCUT2D eigenvalue weighted by molar-refractivity contribution is 5.89. The van der Waals surface area contributed by atoms with E-state index in [1.807, 2.05) is 91.0 Å². The van der Waals surface area contributed by atoms with Crippen molar-refractivity contribution in [3.05, 3.63) is 173 Å². The van der Waals surface area contributed by atoms with Crippen LogP contribution >= 0.6 is 0 Å². The molecule has 1 saturated heterocycles. The third kappa shape index (κ3) is 9.37. The standard InChI is InChI=1S/C40H41N3O4/c44-29-33-19-21-34(22-20-33)38-24-37(28-43(26-31-13-6-2-7-14-31)27-32-15-8-3-9-16-32)46-39(47-38)35-17-10-18-36(23-35)42-40(45)41-25-30-11-4-1-5-12-30/h1-23,37-39,44H,24-29H2,(H2,41,42,45). The van der Waals surface area contributed by atoms with E-state index in [2.05, 4.69) is 64.1 Å². The molecule has 1 fully saturated rings. The Morgan fingerprint density at radius 1 is 0.681 bits per heavy atom. The molecule has 240 valence electrons. The quantitative estimate of drug-likeness (QED) is 0.132. The van der Waals surface area contributed by atoms with Crippen molar-refractivity contribution in [3.8, 4) is 0 Å². The van der Waals surface area contributed by atoms with Crippen LogP contribution in [0.2, 0.25) is 0 Å². The lowest BCUT2D eigenvalue weighted by Crippen LogP contribution is -2.39. The Labute approximate surface area is 276 Å². The zero-order valence-corrected chi connectivity index (χ0v) is 26.4. The predicted octanol–water partition coefficient (Wildman–Crippen LogP) is 7.75. The van der Waals surface area contributed by atoms with Gasteiger partial charge in [-0.15, -0.1) is 0 Å². The maximum atomic E-state index is 12.7. The van der Waals surface area contributed by atoms with Gasteiger partial charge in [0.25, 0.3) is 0 Å². The van der Waals surface area contributed by atoms with Crippen LogP contribution in [0.25, 0.3) is 0 Å². The Balaban J connectivity index is 1.21. The molecular weight excluding hydrogens is 586 g/mol. The summed E-state index contributed by atoms with van der Waals surface area (Å²) in [6.45, 7) is 2.70. The maximum absolute atomic E-state index is 12.7. The number of urea groups is 1. The Kier molecular flexibility index (Phi) is 11.1. The molecule has 7 heteroatoms.